The third kappa shape index (κ3) is 2.93. The second-order valence-electron chi connectivity index (χ2n) is 3.01. The number of hydrogen-bond donors (Lipinski definition) is 1. The SMILES string of the molecule is CCCc1ccoc1CCC(=O)O. The third-order valence-electron chi connectivity index (χ3n) is 1.92. The van der Waals surface area contributed by atoms with E-state index in [1.807, 2.05) is 6.07 Å². The van der Waals surface area contributed by atoms with Crippen LogP contribution in [0, 0.1) is 0 Å². The van der Waals surface area contributed by atoms with Crippen LogP contribution in [0.5, 0.6) is 0 Å². The van der Waals surface area contributed by atoms with Crippen LogP contribution >= 0.6 is 0 Å². The fourth-order valence-corrected chi connectivity index (χ4v) is 1.30. The van der Waals surface area contributed by atoms with Gasteiger partial charge in [0.15, 0.2) is 0 Å². The molecule has 1 aromatic rings. The second-order valence-corrected chi connectivity index (χ2v) is 3.01. The van der Waals surface area contributed by atoms with E-state index in [9.17, 15) is 4.79 Å². The minimum Gasteiger partial charge on any atom is -0.481 e. The topological polar surface area (TPSA) is 50.4 Å². The molecule has 0 fully saturated rings. The summed E-state index contributed by atoms with van der Waals surface area (Å²) in [5, 5.41) is 8.49. The van der Waals surface area contributed by atoms with Crippen LogP contribution in [-0.2, 0) is 17.6 Å². The van der Waals surface area contributed by atoms with Gasteiger partial charge in [-0.25, -0.2) is 0 Å². The van der Waals surface area contributed by atoms with E-state index in [2.05, 4.69) is 6.92 Å². The summed E-state index contributed by atoms with van der Waals surface area (Å²) < 4.78 is 5.20. The van der Waals surface area contributed by atoms with Gasteiger partial charge in [-0.3, -0.25) is 4.79 Å². The number of carboxylic acid groups (broad SMARTS) is 1. The number of furan rings is 1. The van der Waals surface area contributed by atoms with E-state index < -0.39 is 5.97 Å². The molecule has 0 bridgehead atoms. The molecule has 0 saturated heterocycles. The molecule has 72 valence electrons. The standard InChI is InChI=1S/C10H14O3/c1-2-3-8-6-7-13-9(8)4-5-10(11)12/h6-7H,2-5H2,1H3,(H,11,12). The second kappa shape index (κ2) is 4.70. The number of aryl methyl sites for hydroxylation is 2. The Morgan fingerprint density at radius 2 is 2.31 bits per heavy atom. The molecule has 3 heteroatoms. The molecule has 3 nitrogen and oxygen atoms in total. The zero-order valence-corrected chi connectivity index (χ0v) is 7.75. The maximum atomic E-state index is 10.3. The van der Waals surface area contributed by atoms with Gasteiger partial charge >= 0.3 is 5.97 Å². The highest BCUT2D eigenvalue weighted by atomic mass is 16.4. The molecule has 0 aliphatic carbocycles. The lowest BCUT2D eigenvalue weighted by atomic mass is 10.1. The van der Waals surface area contributed by atoms with E-state index in [4.69, 9.17) is 9.52 Å². The maximum Gasteiger partial charge on any atom is 0.303 e. The average molecular weight is 182 g/mol. The van der Waals surface area contributed by atoms with Gasteiger partial charge < -0.3 is 9.52 Å². The molecule has 0 unspecified atom stereocenters. The highest BCUT2D eigenvalue weighted by molar-refractivity contribution is 5.67. The van der Waals surface area contributed by atoms with Gasteiger partial charge in [0.25, 0.3) is 0 Å². The summed E-state index contributed by atoms with van der Waals surface area (Å²) >= 11 is 0. The van der Waals surface area contributed by atoms with Gasteiger partial charge in [-0.05, 0) is 18.1 Å². The first-order valence-corrected chi connectivity index (χ1v) is 4.51. The maximum absolute atomic E-state index is 10.3. The number of rotatable bonds is 5. The summed E-state index contributed by atoms with van der Waals surface area (Å²) in [6.45, 7) is 2.09. The summed E-state index contributed by atoms with van der Waals surface area (Å²) in [5.41, 5.74) is 1.14. The molecule has 0 aromatic carbocycles. The lowest BCUT2D eigenvalue weighted by Crippen LogP contribution is -1.98. The summed E-state index contributed by atoms with van der Waals surface area (Å²) in [5.74, 6) is 0.0445. The number of carbonyl (C=O) groups is 1. The first-order valence-electron chi connectivity index (χ1n) is 4.51. The van der Waals surface area contributed by atoms with Gasteiger partial charge in [-0.15, -0.1) is 0 Å². The Bertz CT molecular complexity index is 275. The van der Waals surface area contributed by atoms with Gasteiger partial charge in [0.2, 0.25) is 0 Å². The van der Waals surface area contributed by atoms with Gasteiger partial charge in [0.1, 0.15) is 5.76 Å². The Morgan fingerprint density at radius 1 is 1.54 bits per heavy atom. The van der Waals surface area contributed by atoms with Crippen molar-refractivity contribution < 1.29 is 14.3 Å². The van der Waals surface area contributed by atoms with Crippen LogP contribution in [0.4, 0.5) is 0 Å². The highest BCUT2D eigenvalue weighted by Crippen LogP contribution is 2.14. The first kappa shape index (κ1) is 9.84. The number of hydrogen-bond acceptors (Lipinski definition) is 2. The van der Waals surface area contributed by atoms with Crippen molar-refractivity contribution >= 4 is 5.97 Å². The van der Waals surface area contributed by atoms with Crippen molar-refractivity contribution in [1.82, 2.24) is 0 Å². The molecule has 1 rings (SSSR count). The van der Waals surface area contributed by atoms with E-state index in [1.54, 1.807) is 6.26 Å². The molecule has 0 saturated carbocycles. The van der Waals surface area contributed by atoms with Crippen LogP contribution < -0.4 is 0 Å². The number of carboxylic acids is 1. The normalized spacial score (nSPS) is 10.2. The third-order valence-corrected chi connectivity index (χ3v) is 1.92. The summed E-state index contributed by atoms with van der Waals surface area (Å²) in [6, 6.07) is 1.92. The molecule has 0 aliphatic heterocycles. The van der Waals surface area contributed by atoms with Crippen molar-refractivity contribution in [2.75, 3.05) is 0 Å². The largest absolute Gasteiger partial charge is 0.481 e. The van der Waals surface area contributed by atoms with Crippen molar-refractivity contribution in [1.29, 1.82) is 0 Å². The van der Waals surface area contributed by atoms with Gasteiger partial charge in [0.05, 0.1) is 12.7 Å². The van der Waals surface area contributed by atoms with Crippen LogP contribution in [0.2, 0.25) is 0 Å². The molecule has 13 heavy (non-hydrogen) atoms. The van der Waals surface area contributed by atoms with Crippen LogP contribution in [0.25, 0.3) is 0 Å². The summed E-state index contributed by atoms with van der Waals surface area (Å²) in [7, 11) is 0. The van der Waals surface area contributed by atoms with Crippen molar-refractivity contribution in [3.05, 3.63) is 23.7 Å². The Kier molecular flexibility index (Phi) is 3.55. The van der Waals surface area contributed by atoms with E-state index in [0.29, 0.717) is 6.42 Å². The van der Waals surface area contributed by atoms with Gasteiger partial charge in [-0.2, -0.15) is 0 Å². The quantitative estimate of drug-likeness (QED) is 0.759. The molecule has 1 N–H and O–H groups in total. The predicted octanol–water partition coefficient (Wildman–Crippen LogP) is 2.25. The smallest absolute Gasteiger partial charge is 0.303 e. The zero-order chi connectivity index (χ0) is 9.68. The fraction of sp³-hybridized carbons (Fsp3) is 0.500. The lowest BCUT2D eigenvalue weighted by Gasteiger charge is -1.98. The van der Waals surface area contributed by atoms with Gasteiger partial charge in [0, 0.05) is 6.42 Å². The van der Waals surface area contributed by atoms with E-state index in [-0.39, 0.29) is 6.42 Å². The summed E-state index contributed by atoms with van der Waals surface area (Å²) in [6.07, 6.45) is 4.29. The van der Waals surface area contributed by atoms with Crippen molar-refractivity contribution in [2.45, 2.75) is 32.6 Å². The van der Waals surface area contributed by atoms with Crippen molar-refractivity contribution in [2.24, 2.45) is 0 Å². The van der Waals surface area contributed by atoms with Gasteiger partial charge in [-0.1, -0.05) is 13.3 Å². The van der Waals surface area contributed by atoms with Crippen LogP contribution in [0.1, 0.15) is 31.1 Å². The molecular weight excluding hydrogens is 168 g/mol. The van der Waals surface area contributed by atoms with Crippen molar-refractivity contribution in [3.8, 4) is 0 Å². The molecule has 0 radical (unpaired) electrons. The van der Waals surface area contributed by atoms with E-state index in [0.717, 1.165) is 24.2 Å². The highest BCUT2D eigenvalue weighted by Gasteiger charge is 2.07. The molecule has 1 heterocycles. The van der Waals surface area contributed by atoms with E-state index in [1.165, 1.54) is 0 Å². The fourth-order valence-electron chi connectivity index (χ4n) is 1.30. The molecule has 0 amide bonds. The zero-order valence-electron chi connectivity index (χ0n) is 7.75. The van der Waals surface area contributed by atoms with E-state index >= 15 is 0 Å². The minimum atomic E-state index is -0.779. The molecule has 0 aliphatic rings. The Balaban J connectivity index is 2.54. The monoisotopic (exact) mass is 182 g/mol. The molecular formula is C10H14O3. The number of aliphatic carboxylic acids is 1. The Hall–Kier alpha value is -1.25. The average Bonchev–Trinajstić information content (AvgIpc) is 2.49. The lowest BCUT2D eigenvalue weighted by molar-refractivity contribution is -0.137. The minimum absolute atomic E-state index is 0.143. The summed E-state index contributed by atoms with van der Waals surface area (Å²) in [4.78, 5) is 10.3. The molecule has 1 aromatic heterocycles. The predicted molar refractivity (Wildman–Crippen MR) is 48.7 cm³/mol. The Morgan fingerprint density at radius 3 is 2.92 bits per heavy atom. The first-order chi connectivity index (χ1) is 6.24. The molecule has 0 spiro atoms. The Labute approximate surface area is 77.4 Å². The van der Waals surface area contributed by atoms with Crippen molar-refractivity contribution in [3.63, 3.8) is 0 Å². The van der Waals surface area contributed by atoms with Crippen LogP contribution in [0.15, 0.2) is 16.7 Å². The molecule has 0 atom stereocenters. The van der Waals surface area contributed by atoms with Crippen LogP contribution in [0.3, 0.4) is 0 Å². The van der Waals surface area contributed by atoms with Crippen LogP contribution in [-0.4, -0.2) is 11.1 Å².